The number of benzene rings is 10. The maximum atomic E-state index is 7.69. The van der Waals surface area contributed by atoms with Gasteiger partial charge in [0.05, 0.1) is 22.2 Å². The van der Waals surface area contributed by atoms with Crippen LogP contribution in [0.2, 0.25) is 0 Å². The van der Waals surface area contributed by atoms with E-state index < -0.39 is 0 Å². The average molecular weight is 907 g/mol. The summed E-state index contributed by atoms with van der Waals surface area (Å²) in [6.45, 7) is 4.54. The number of para-hydroxylation sites is 1. The van der Waals surface area contributed by atoms with Crippen molar-refractivity contribution in [2.75, 3.05) is 0 Å². The minimum atomic E-state index is -0.199. The molecule has 1 aliphatic rings. The SMILES string of the molecule is [B]c1c([B])c([B])c(-c2cccc3c2c2c([B])c(-c4ccc5c(c4)c4ccccc4n5-c4ccc(-c5ccccc5)cc4-c4ccccc4)c([B])c([B])c2n3-c2ccc3c(c2)-c2ccccc2C3(C)C)c([B])c1[B]. The van der Waals surface area contributed by atoms with Gasteiger partial charge in [0.1, 0.15) is 62.8 Å². The van der Waals surface area contributed by atoms with E-state index in [-0.39, 0.29) is 32.7 Å². The van der Waals surface area contributed by atoms with Crippen LogP contribution in [-0.2, 0) is 5.41 Å². The van der Waals surface area contributed by atoms with Gasteiger partial charge >= 0.3 is 0 Å². The molecule has 322 valence electrons. The van der Waals surface area contributed by atoms with E-state index in [2.05, 4.69) is 175 Å². The van der Waals surface area contributed by atoms with Gasteiger partial charge in [-0.2, -0.15) is 0 Å². The summed E-state index contributed by atoms with van der Waals surface area (Å²) in [6.07, 6.45) is 0. The highest BCUT2D eigenvalue weighted by molar-refractivity contribution is 6.69. The normalized spacial score (nSPS) is 12.8. The summed E-state index contributed by atoms with van der Waals surface area (Å²) >= 11 is 0. The summed E-state index contributed by atoms with van der Waals surface area (Å²) in [5, 5.41) is 3.52. The van der Waals surface area contributed by atoms with Gasteiger partial charge < -0.3 is 9.13 Å². The lowest BCUT2D eigenvalue weighted by Crippen LogP contribution is -2.55. The van der Waals surface area contributed by atoms with Crippen LogP contribution in [0.4, 0.5) is 0 Å². The number of hydrogen-bond donors (Lipinski definition) is 0. The Bertz CT molecular complexity index is 4290. The Hall–Kier alpha value is -7.68. The highest BCUT2D eigenvalue weighted by Crippen LogP contribution is 2.50. The smallest absolute Gasteiger partial charge is 0.115 e. The van der Waals surface area contributed by atoms with Crippen molar-refractivity contribution < 1.29 is 0 Å². The molecule has 0 fully saturated rings. The molecule has 13 rings (SSSR count). The van der Waals surface area contributed by atoms with E-state index in [0.717, 1.165) is 77.5 Å². The van der Waals surface area contributed by atoms with Crippen molar-refractivity contribution in [3.63, 3.8) is 0 Å². The molecule has 1 aliphatic carbocycles. The lowest BCUT2D eigenvalue weighted by Gasteiger charge is -2.22. The fourth-order valence-electron chi connectivity index (χ4n) is 11.9. The molecule has 73 heavy (non-hydrogen) atoms. The van der Waals surface area contributed by atoms with Crippen LogP contribution in [0.3, 0.4) is 0 Å². The van der Waals surface area contributed by atoms with E-state index >= 15 is 0 Å². The van der Waals surface area contributed by atoms with Crippen LogP contribution in [0, 0.1) is 0 Å². The van der Waals surface area contributed by atoms with Crippen molar-refractivity contribution in [2.24, 2.45) is 0 Å². The zero-order chi connectivity index (χ0) is 50.2. The molecule has 0 amide bonds. The number of rotatable bonds is 6. The van der Waals surface area contributed by atoms with Gasteiger partial charge in [0.2, 0.25) is 0 Å². The van der Waals surface area contributed by atoms with Crippen molar-refractivity contribution in [1.82, 2.24) is 9.13 Å². The number of nitrogens with zero attached hydrogens (tertiary/aromatic N) is 2. The molecule has 0 spiro atoms. The topological polar surface area (TPSA) is 9.86 Å². The first-order chi connectivity index (χ1) is 35.3. The molecule has 10 heteroatoms. The van der Waals surface area contributed by atoms with Gasteiger partial charge in [0.15, 0.2) is 0 Å². The van der Waals surface area contributed by atoms with E-state index in [1.807, 2.05) is 30.3 Å². The minimum absolute atomic E-state index is 0.130. The highest BCUT2D eigenvalue weighted by atomic mass is 15.0. The average Bonchev–Trinajstić information content (AvgIpc) is 4.03. The molecule has 0 unspecified atom stereocenters. The Labute approximate surface area is 436 Å². The molecule has 2 aromatic heterocycles. The van der Waals surface area contributed by atoms with Crippen LogP contribution in [0.5, 0.6) is 0 Å². The predicted molar refractivity (Wildman–Crippen MR) is 318 cm³/mol. The van der Waals surface area contributed by atoms with Gasteiger partial charge in [-0.15, -0.1) is 16.4 Å². The third-order valence-electron chi connectivity index (χ3n) is 15.5. The second kappa shape index (κ2) is 16.7. The van der Waals surface area contributed by atoms with Crippen LogP contribution in [-0.4, -0.2) is 71.9 Å². The van der Waals surface area contributed by atoms with Crippen LogP contribution < -0.4 is 43.7 Å². The molecule has 0 saturated heterocycles. The molecule has 0 atom stereocenters. The monoisotopic (exact) mass is 908 g/mol. The van der Waals surface area contributed by atoms with Crippen molar-refractivity contribution >= 4 is 150 Å². The van der Waals surface area contributed by atoms with E-state index in [0.29, 0.717) is 44.0 Å². The number of aromatic nitrogens is 2. The molecule has 12 aromatic rings. The van der Waals surface area contributed by atoms with Gasteiger partial charge in [-0.05, 0) is 110 Å². The number of hydrogen-bond acceptors (Lipinski definition) is 0. The van der Waals surface area contributed by atoms with Gasteiger partial charge in [0, 0.05) is 43.7 Å². The Morgan fingerprint density at radius 2 is 0.918 bits per heavy atom. The molecule has 2 heterocycles. The lowest BCUT2D eigenvalue weighted by molar-refractivity contribution is 0.660. The van der Waals surface area contributed by atoms with E-state index in [1.165, 1.54) is 16.7 Å². The maximum Gasteiger partial charge on any atom is 0.115 e. The van der Waals surface area contributed by atoms with Gasteiger partial charge in [0.25, 0.3) is 0 Å². The third-order valence-corrected chi connectivity index (χ3v) is 15.5. The largest absolute Gasteiger partial charge is 0.310 e. The summed E-state index contributed by atoms with van der Waals surface area (Å²) in [7, 11) is 55.8. The van der Waals surface area contributed by atoms with Crippen molar-refractivity contribution in [1.29, 1.82) is 0 Å². The van der Waals surface area contributed by atoms with Crippen molar-refractivity contribution in [3.8, 4) is 67.0 Å². The van der Waals surface area contributed by atoms with Crippen LogP contribution in [0.15, 0.2) is 182 Å². The molecule has 0 aliphatic heterocycles. The Balaban J connectivity index is 1.09. The zero-order valence-electron chi connectivity index (χ0n) is 40.3. The molecule has 0 bridgehead atoms. The Morgan fingerprint density at radius 3 is 1.67 bits per heavy atom. The lowest BCUT2D eigenvalue weighted by atomic mass is 9.59. The summed E-state index contributed by atoms with van der Waals surface area (Å²) in [4.78, 5) is 0. The summed E-state index contributed by atoms with van der Waals surface area (Å²) in [5.74, 6) is 0. The molecule has 10 aromatic carbocycles. The minimum Gasteiger partial charge on any atom is -0.310 e. The van der Waals surface area contributed by atoms with E-state index in [9.17, 15) is 0 Å². The van der Waals surface area contributed by atoms with Crippen molar-refractivity contribution in [3.05, 3.63) is 193 Å². The summed E-state index contributed by atoms with van der Waals surface area (Å²) < 4.78 is 4.50. The standard InChI is InChI=1S/C63H36B8N2/c1-63(2)44-21-11-9-18-38(44)42-32-37(26-27-45(42)63)72-49-23-13-20-40(52-56(66)58(68)60(70)59(69)57(52)67)51(49)53-54(64)50(55(65)61(71)62(53)72)36-25-29-48-43(31-36)39-19-10-12-22-46(39)73(48)47-28-24-35(33-14-5-3-6-15-33)30-41(47)34-16-7-4-8-17-34/h3-32H,1-2H3. The fraction of sp³-hybridized carbons (Fsp3) is 0.0476. The quantitative estimate of drug-likeness (QED) is 0.156. The fourth-order valence-corrected chi connectivity index (χ4v) is 11.9. The molecular weight excluding hydrogens is 871 g/mol. The highest BCUT2D eigenvalue weighted by Gasteiger charge is 2.36. The molecule has 0 N–H and O–H groups in total. The summed E-state index contributed by atoms with van der Waals surface area (Å²) in [6, 6.07) is 63.8. The van der Waals surface area contributed by atoms with Gasteiger partial charge in [-0.1, -0.05) is 175 Å². The van der Waals surface area contributed by atoms with E-state index in [1.54, 1.807) is 0 Å². The first kappa shape index (κ1) is 45.2. The van der Waals surface area contributed by atoms with Crippen LogP contribution >= 0.6 is 0 Å². The zero-order valence-corrected chi connectivity index (χ0v) is 40.3. The summed E-state index contributed by atoms with van der Waals surface area (Å²) in [5.41, 5.74) is 19.1. The predicted octanol–water partition coefficient (Wildman–Crippen LogP) is 7.21. The molecule has 0 saturated carbocycles. The third kappa shape index (κ3) is 6.55. The maximum absolute atomic E-state index is 7.69. The van der Waals surface area contributed by atoms with Crippen LogP contribution in [0.1, 0.15) is 25.0 Å². The van der Waals surface area contributed by atoms with Crippen LogP contribution in [0.25, 0.3) is 111 Å². The Kier molecular flexibility index (Phi) is 10.3. The van der Waals surface area contributed by atoms with E-state index in [4.69, 9.17) is 62.8 Å². The molecule has 2 nitrogen and oxygen atoms in total. The van der Waals surface area contributed by atoms with Gasteiger partial charge in [-0.3, -0.25) is 0 Å². The first-order valence-corrected chi connectivity index (χ1v) is 24.3. The van der Waals surface area contributed by atoms with Gasteiger partial charge in [-0.25, -0.2) is 0 Å². The molecule has 16 radical (unpaired) electrons. The number of fused-ring (bicyclic) bond motifs is 9. The van der Waals surface area contributed by atoms with Crippen molar-refractivity contribution in [2.45, 2.75) is 19.3 Å². The second-order valence-corrected chi connectivity index (χ2v) is 19.8. The Morgan fingerprint density at radius 1 is 0.329 bits per heavy atom. The molecular formula is C63H36B8N2. The second-order valence-electron chi connectivity index (χ2n) is 19.8. The first-order valence-electron chi connectivity index (χ1n) is 24.3.